The maximum Gasteiger partial charge on any atom is 0.344 e. The summed E-state index contributed by atoms with van der Waals surface area (Å²) in [5.74, 6) is -0.599. The van der Waals surface area contributed by atoms with Gasteiger partial charge in [0, 0.05) is 12.5 Å². The van der Waals surface area contributed by atoms with Gasteiger partial charge in [-0.25, -0.2) is 4.79 Å². The molecule has 2 amide bonds. The fraction of sp³-hybridized carbons (Fsp3) is 0.318. The van der Waals surface area contributed by atoms with Crippen molar-refractivity contribution in [3.8, 4) is 5.75 Å². The number of rotatable bonds is 5. The third kappa shape index (κ3) is 4.93. The van der Waals surface area contributed by atoms with Crippen LogP contribution in [0.5, 0.6) is 5.75 Å². The number of nitrogens with one attached hydrogen (secondary N) is 1. The van der Waals surface area contributed by atoms with Gasteiger partial charge in [-0.2, -0.15) is 0 Å². The second-order valence-electron chi connectivity index (χ2n) is 7.10. The number of hydrogen-bond donors (Lipinski definition) is 1. The molecule has 3 rings (SSSR count). The molecule has 7 nitrogen and oxygen atoms in total. The topological polar surface area (TPSA) is 84.9 Å². The van der Waals surface area contributed by atoms with Crippen molar-refractivity contribution in [3.63, 3.8) is 0 Å². The molecule has 0 saturated heterocycles. The Morgan fingerprint density at radius 2 is 1.90 bits per heavy atom. The van der Waals surface area contributed by atoms with Crippen molar-refractivity contribution < 1.29 is 23.9 Å². The number of para-hydroxylation sites is 2. The Kier molecular flexibility index (Phi) is 6.16. The molecule has 1 aliphatic rings. The van der Waals surface area contributed by atoms with E-state index in [9.17, 15) is 14.4 Å². The quantitative estimate of drug-likeness (QED) is 0.786. The lowest BCUT2D eigenvalue weighted by atomic mass is 10.1. The predicted octanol–water partition coefficient (Wildman–Crippen LogP) is 2.99. The second-order valence-corrected chi connectivity index (χ2v) is 7.10. The van der Waals surface area contributed by atoms with Crippen molar-refractivity contribution in [1.29, 1.82) is 0 Å². The van der Waals surface area contributed by atoms with Crippen LogP contribution in [0.2, 0.25) is 0 Å². The number of hydrogen-bond acceptors (Lipinski definition) is 5. The van der Waals surface area contributed by atoms with Crippen LogP contribution in [-0.4, -0.2) is 37.0 Å². The van der Waals surface area contributed by atoms with Gasteiger partial charge in [0.25, 0.3) is 5.91 Å². The minimum atomic E-state index is -0.635. The average molecular weight is 396 g/mol. The van der Waals surface area contributed by atoms with Crippen LogP contribution < -0.4 is 15.0 Å². The van der Waals surface area contributed by atoms with Gasteiger partial charge < -0.3 is 19.7 Å². The van der Waals surface area contributed by atoms with Crippen LogP contribution in [0.4, 0.5) is 11.4 Å². The van der Waals surface area contributed by atoms with E-state index in [0.29, 0.717) is 17.1 Å². The normalized spacial score (nSPS) is 15.8. The molecule has 0 saturated carbocycles. The molecule has 0 radical (unpaired) electrons. The van der Waals surface area contributed by atoms with E-state index in [2.05, 4.69) is 5.32 Å². The molecular formula is C22H24N2O5. The number of fused-ring (bicyclic) bond motifs is 1. The highest BCUT2D eigenvalue weighted by Crippen LogP contribution is 2.31. The zero-order valence-electron chi connectivity index (χ0n) is 16.7. The summed E-state index contributed by atoms with van der Waals surface area (Å²) in [5, 5.41) is 2.79. The van der Waals surface area contributed by atoms with Crippen molar-refractivity contribution in [2.45, 2.75) is 33.2 Å². The van der Waals surface area contributed by atoms with Gasteiger partial charge in [0.2, 0.25) is 5.91 Å². The van der Waals surface area contributed by atoms with Crippen LogP contribution in [0.15, 0.2) is 42.5 Å². The standard InChI is InChI=1S/C22H24N2O5/c1-14-8-9-15(2)19(10-14)28-13-22(27)29-12-21(26)24-16(3)11-20(25)23-17-6-4-5-7-18(17)24/h4-10,16H,11-13H2,1-3H3,(H,23,25). The first kappa shape index (κ1) is 20.4. The van der Waals surface area contributed by atoms with E-state index in [-0.39, 0.29) is 25.0 Å². The second kappa shape index (κ2) is 8.77. The summed E-state index contributed by atoms with van der Waals surface area (Å²) in [6, 6.07) is 12.4. The van der Waals surface area contributed by atoms with Gasteiger partial charge >= 0.3 is 5.97 Å². The molecule has 0 bridgehead atoms. The van der Waals surface area contributed by atoms with E-state index in [1.54, 1.807) is 31.2 Å². The summed E-state index contributed by atoms with van der Waals surface area (Å²) in [6.45, 7) is 4.89. The Balaban J connectivity index is 1.61. The molecule has 0 spiro atoms. The highest BCUT2D eigenvalue weighted by molar-refractivity contribution is 6.05. The highest BCUT2D eigenvalue weighted by Gasteiger charge is 2.30. The number of aryl methyl sites for hydroxylation is 2. The van der Waals surface area contributed by atoms with Crippen LogP contribution >= 0.6 is 0 Å². The van der Waals surface area contributed by atoms with Crippen molar-refractivity contribution >= 4 is 29.2 Å². The van der Waals surface area contributed by atoms with Crippen LogP contribution in [0.1, 0.15) is 24.5 Å². The van der Waals surface area contributed by atoms with Crippen molar-refractivity contribution in [3.05, 3.63) is 53.6 Å². The Labute approximate surface area is 169 Å². The monoisotopic (exact) mass is 396 g/mol. The summed E-state index contributed by atoms with van der Waals surface area (Å²) >= 11 is 0. The minimum Gasteiger partial charge on any atom is -0.482 e. The van der Waals surface area contributed by atoms with E-state index >= 15 is 0 Å². The first-order valence-electron chi connectivity index (χ1n) is 9.42. The average Bonchev–Trinajstić information content (AvgIpc) is 2.81. The lowest BCUT2D eigenvalue weighted by molar-refractivity contribution is -0.150. The van der Waals surface area contributed by atoms with Gasteiger partial charge in [-0.3, -0.25) is 9.59 Å². The molecule has 1 heterocycles. The first-order chi connectivity index (χ1) is 13.8. The molecule has 2 aromatic rings. The molecule has 29 heavy (non-hydrogen) atoms. The number of esters is 1. The van der Waals surface area contributed by atoms with Gasteiger partial charge in [0.05, 0.1) is 11.4 Å². The van der Waals surface area contributed by atoms with Crippen LogP contribution in [-0.2, 0) is 19.1 Å². The lowest BCUT2D eigenvalue weighted by Gasteiger charge is -2.27. The molecule has 0 aromatic heterocycles. The fourth-order valence-corrected chi connectivity index (χ4v) is 3.22. The maximum absolute atomic E-state index is 12.8. The van der Waals surface area contributed by atoms with Crippen molar-refractivity contribution in [2.75, 3.05) is 23.4 Å². The number of carbonyl (C=O) groups excluding carboxylic acids is 3. The molecule has 1 aliphatic heterocycles. The minimum absolute atomic E-state index is 0.157. The SMILES string of the molecule is Cc1ccc(C)c(OCC(=O)OCC(=O)N2c3ccccc3NC(=O)CC2C)c1. The van der Waals surface area contributed by atoms with E-state index in [1.807, 2.05) is 32.0 Å². The van der Waals surface area contributed by atoms with E-state index < -0.39 is 18.5 Å². The third-order valence-corrected chi connectivity index (χ3v) is 4.67. The Morgan fingerprint density at radius 3 is 2.69 bits per heavy atom. The summed E-state index contributed by atoms with van der Waals surface area (Å²) < 4.78 is 10.6. The van der Waals surface area contributed by atoms with Gasteiger partial charge in [0.15, 0.2) is 13.2 Å². The molecule has 1 N–H and O–H groups in total. The van der Waals surface area contributed by atoms with Gasteiger partial charge in [-0.15, -0.1) is 0 Å². The largest absolute Gasteiger partial charge is 0.482 e. The Hall–Kier alpha value is -3.35. The predicted molar refractivity (Wildman–Crippen MR) is 109 cm³/mol. The molecule has 1 unspecified atom stereocenters. The first-order valence-corrected chi connectivity index (χ1v) is 9.42. The summed E-state index contributed by atoms with van der Waals surface area (Å²) in [4.78, 5) is 38.3. The van der Waals surface area contributed by atoms with Crippen LogP contribution in [0, 0.1) is 13.8 Å². The van der Waals surface area contributed by atoms with Gasteiger partial charge in [0.1, 0.15) is 5.75 Å². The lowest BCUT2D eigenvalue weighted by Crippen LogP contribution is -2.41. The summed E-state index contributed by atoms with van der Waals surface area (Å²) in [7, 11) is 0. The maximum atomic E-state index is 12.8. The number of nitrogens with zero attached hydrogens (tertiary/aromatic N) is 1. The Bertz CT molecular complexity index is 941. The number of carbonyl (C=O) groups is 3. The number of amides is 2. The summed E-state index contributed by atoms with van der Waals surface area (Å²) in [6.07, 6.45) is 0.157. The molecule has 0 fully saturated rings. The number of anilines is 2. The van der Waals surface area contributed by atoms with E-state index in [4.69, 9.17) is 9.47 Å². The molecule has 152 valence electrons. The fourth-order valence-electron chi connectivity index (χ4n) is 3.22. The molecule has 2 aromatic carbocycles. The van der Waals surface area contributed by atoms with E-state index in [1.165, 1.54) is 4.90 Å². The van der Waals surface area contributed by atoms with Crippen LogP contribution in [0.3, 0.4) is 0 Å². The number of ether oxygens (including phenoxy) is 2. The van der Waals surface area contributed by atoms with Gasteiger partial charge in [-0.1, -0.05) is 24.3 Å². The van der Waals surface area contributed by atoms with E-state index in [0.717, 1.165) is 11.1 Å². The van der Waals surface area contributed by atoms with Crippen molar-refractivity contribution in [2.24, 2.45) is 0 Å². The third-order valence-electron chi connectivity index (χ3n) is 4.67. The Morgan fingerprint density at radius 1 is 1.14 bits per heavy atom. The molecule has 7 heteroatoms. The zero-order chi connectivity index (χ0) is 21.0. The molecule has 1 atom stereocenters. The number of benzene rings is 2. The molecule has 0 aliphatic carbocycles. The van der Waals surface area contributed by atoms with Crippen molar-refractivity contribution in [1.82, 2.24) is 0 Å². The zero-order valence-corrected chi connectivity index (χ0v) is 16.7. The summed E-state index contributed by atoms with van der Waals surface area (Å²) in [5.41, 5.74) is 3.07. The highest BCUT2D eigenvalue weighted by atomic mass is 16.6. The smallest absolute Gasteiger partial charge is 0.344 e. The molecular weight excluding hydrogens is 372 g/mol. The van der Waals surface area contributed by atoms with Crippen LogP contribution in [0.25, 0.3) is 0 Å². The van der Waals surface area contributed by atoms with Gasteiger partial charge in [-0.05, 0) is 50.1 Å².